The summed E-state index contributed by atoms with van der Waals surface area (Å²) in [4.78, 5) is 16.3. The summed E-state index contributed by atoms with van der Waals surface area (Å²) < 4.78 is 7.20. The zero-order chi connectivity index (χ0) is 13.1. The molecule has 1 N–H and O–H groups in total. The molecule has 2 aromatic heterocycles. The number of hydrogen-bond acceptors (Lipinski definition) is 6. The molecule has 1 unspecified atom stereocenters. The molecule has 0 bridgehead atoms. The molecule has 1 saturated heterocycles. The van der Waals surface area contributed by atoms with Gasteiger partial charge in [-0.05, 0) is 24.4 Å². The van der Waals surface area contributed by atoms with Crippen molar-refractivity contribution < 1.29 is 4.74 Å². The summed E-state index contributed by atoms with van der Waals surface area (Å²) in [6, 6.07) is 0. The maximum atomic E-state index is 5.90. The van der Waals surface area contributed by atoms with Gasteiger partial charge >= 0.3 is 0 Å². The molecule has 0 radical (unpaired) electrons. The maximum absolute atomic E-state index is 5.90. The molecule has 100 valence electrons. The van der Waals surface area contributed by atoms with Gasteiger partial charge in [0.15, 0.2) is 0 Å². The minimum absolute atomic E-state index is 0.147. The molecule has 0 aliphatic carbocycles. The Morgan fingerprint density at radius 3 is 3.11 bits per heavy atom. The van der Waals surface area contributed by atoms with E-state index >= 15 is 0 Å². The maximum Gasteiger partial charge on any atom is 0.241 e. The van der Waals surface area contributed by atoms with E-state index in [0.717, 1.165) is 19.4 Å². The smallest absolute Gasteiger partial charge is 0.241 e. The van der Waals surface area contributed by atoms with Crippen LogP contribution in [0, 0.1) is 0 Å². The summed E-state index contributed by atoms with van der Waals surface area (Å²) in [5, 5.41) is 3.27. The predicted molar refractivity (Wildman–Crippen MR) is 69.4 cm³/mol. The summed E-state index contributed by atoms with van der Waals surface area (Å²) in [6.07, 6.45) is 7.37. The van der Waals surface area contributed by atoms with Gasteiger partial charge in [-0.25, -0.2) is 4.98 Å². The molecule has 0 amide bonds. The summed E-state index contributed by atoms with van der Waals surface area (Å²) in [7, 11) is 0. The third-order valence-corrected chi connectivity index (χ3v) is 3.01. The average molecular weight is 281 g/mol. The summed E-state index contributed by atoms with van der Waals surface area (Å²) in [5.41, 5.74) is 0. The average Bonchev–Trinajstić information content (AvgIpc) is 3.09. The summed E-state index contributed by atoms with van der Waals surface area (Å²) in [5.74, 6) is 0.881. The van der Waals surface area contributed by atoms with E-state index in [1.807, 2.05) is 0 Å². The van der Waals surface area contributed by atoms with Crippen molar-refractivity contribution in [2.24, 2.45) is 0 Å². The fourth-order valence-corrected chi connectivity index (χ4v) is 2.08. The molecule has 3 rings (SSSR count). The SMILES string of the molecule is Clc1nc(NCC2CCCO2)nc(-n2ccnc2)n1. The Hall–Kier alpha value is -1.73. The lowest BCUT2D eigenvalue weighted by Crippen LogP contribution is -2.20. The van der Waals surface area contributed by atoms with Crippen LogP contribution in [0.25, 0.3) is 5.95 Å². The van der Waals surface area contributed by atoms with Crippen molar-refractivity contribution in [3.8, 4) is 5.95 Å². The molecular weight excluding hydrogens is 268 g/mol. The number of ether oxygens (including phenoxy) is 1. The van der Waals surface area contributed by atoms with Crippen molar-refractivity contribution >= 4 is 17.5 Å². The van der Waals surface area contributed by atoms with Gasteiger partial charge in [0.05, 0.1) is 6.10 Å². The van der Waals surface area contributed by atoms with Crippen molar-refractivity contribution in [2.45, 2.75) is 18.9 Å². The topological polar surface area (TPSA) is 77.8 Å². The monoisotopic (exact) mass is 280 g/mol. The normalized spacial score (nSPS) is 18.7. The highest BCUT2D eigenvalue weighted by Gasteiger charge is 2.16. The van der Waals surface area contributed by atoms with Crippen LogP contribution in [0.2, 0.25) is 5.28 Å². The van der Waals surface area contributed by atoms with Gasteiger partial charge in [0.2, 0.25) is 17.2 Å². The predicted octanol–water partition coefficient (Wildman–Crippen LogP) is 1.30. The second-order valence-corrected chi connectivity index (χ2v) is 4.55. The Morgan fingerprint density at radius 2 is 2.37 bits per heavy atom. The molecule has 0 saturated carbocycles. The number of aromatic nitrogens is 5. The van der Waals surface area contributed by atoms with Gasteiger partial charge in [0.25, 0.3) is 0 Å². The number of nitrogens with one attached hydrogen (secondary N) is 1. The molecule has 0 spiro atoms. The molecule has 8 heteroatoms. The zero-order valence-electron chi connectivity index (χ0n) is 10.2. The molecule has 1 aliphatic rings. The number of nitrogens with zero attached hydrogens (tertiary/aromatic N) is 5. The molecule has 7 nitrogen and oxygen atoms in total. The Balaban J connectivity index is 1.74. The Morgan fingerprint density at radius 1 is 1.42 bits per heavy atom. The third kappa shape index (κ3) is 2.99. The molecule has 19 heavy (non-hydrogen) atoms. The largest absolute Gasteiger partial charge is 0.376 e. The van der Waals surface area contributed by atoms with E-state index in [9.17, 15) is 0 Å². The number of anilines is 1. The van der Waals surface area contributed by atoms with E-state index in [4.69, 9.17) is 16.3 Å². The first-order valence-electron chi connectivity index (χ1n) is 6.06. The van der Waals surface area contributed by atoms with E-state index in [1.165, 1.54) is 0 Å². The second kappa shape index (κ2) is 5.50. The standard InChI is InChI=1S/C11H13ClN6O/c12-9-15-10(14-6-8-2-1-5-19-8)17-11(16-9)18-4-3-13-7-18/h3-4,7-8H,1-2,5-6H2,(H,14,15,16,17). The molecule has 3 heterocycles. The van der Waals surface area contributed by atoms with Gasteiger partial charge in [-0.3, -0.25) is 4.57 Å². The van der Waals surface area contributed by atoms with Gasteiger partial charge in [-0.1, -0.05) is 0 Å². The molecule has 0 aromatic carbocycles. The van der Waals surface area contributed by atoms with E-state index < -0.39 is 0 Å². The number of halogens is 1. The van der Waals surface area contributed by atoms with Crippen LogP contribution >= 0.6 is 11.6 Å². The van der Waals surface area contributed by atoms with Gasteiger partial charge in [0, 0.05) is 25.5 Å². The Kier molecular flexibility index (Phi) is 3.56. The van der Waals surface area contributed by atoms with Gasteiger partial charge in [-0.15, -0.1) is 0 Å². The quantitative estimate of drug-likeness (QED) is 0.910. The lowest BCUT2D eigenvalue weighted by atomic mass is 10.2. The molecule has 1 aliphatic heterocycles. The van der Waals surface area contributed by atoms with Gasteiger partial charge in [-0.2, -0.15) is 15.0 Å². The van der Waals surface area contributed by atoms with Crippen molar-refractivity contribution in [1.82, 2.24) is 24.5 Å². The summed E-state index contributed by atoms with van der Waals surface area (Å²) >= 11 is 5.90. The van der Waals surface area contributed by atoms with Gasteiger partial charge in [0.1, 0.15) is 6.33 Å². The zero-order valence-corrected chi connectivity index (χ0v) is 10.9. The number of rotatable bonds is 4. The molecule has 1 atom stereocenters. The fraction of sp³-hybridized carbons (Fsp3) is 0.455. The third-order valence-electron chi connectivity index (χ3n) is 2.84. The molecular formula is C11H13ClN6O. The highest BCUT2D eigenvalue weighted by Crippen LogP contribution is 2.13. The van der Waals surface area contributed by atoms with Crippen LogP contribution in [0.4, 0.5) is 5.95 Å². The van der Waals surface area contributed by atoms with Crippen LogP contribution in [0.3, 0.4) is 0 Å². The summed E-state index contributed by atoms with van der Waals surface area (Å²) in [6.45, 7) is 1.49. The van der Waals surface area contributed by atoms with Crippen molar-refractivity contribution in [3.05, 3.63) is 24.0 Å². The van der Waals surface area contributed by atoms with E-state index in [1.54, 1.807) is 23.3 Å². The van der Waals surface area contributed by atoms with Crippen LogP contribution in [0.1, 0.15) is 12.8 Å². The van der Waals surface area contributed by atoms with Crippen LogP contribution < -0.4 is 5.32 Å². The number of imidazole rings is 1. The minimum Gasteiger partial charge on any atom is -0.376 e. The molecule has 2 aromatic rings. The van der Waals surface area contributed by atoms with Crippen LogP contribution in [0.15, 0.2) is 18.7 Å². The second-order valence-electron chi connectivity index (χ2n) is 4.21. The first kappa shape index (κ1) is 12.3. The van der Waals surface area contributed by atoms with Crippen molar-refractivity contribution in [2.75, 3.05) is 18.5 Å². The first-order valence-corrected chi connectivity index (χ1v) is 6.44. The highest BCUT2D eigenvalue weighted by molar-refractivity contribution is 6.28. The van der Waals surface area contributed by atoms with E-state index in [0.29, 0.717) is 18.4 Å². The lowest BCUT2D eigenvalue weighted by Gasteiger charge is -2.11. The van der Waals surface area contributed by atoms with Crippen molar-refractivity contribution in [3.63, 3.8) is 0 Å². The van der Waals surface area contributed by atoms with E-state index in [-0.39, 0.29) is 11.4 Å². The van der Waals surface area contributed by atoms with E-state index in [2.05, 4.69) is 25.3 Å². The van der Waals surface area contributed by atoms with Crippen LogP contribution in [-0.4, -0.2) is 43.8 Å². The number of hydrogen-bond donors (Lipinski definition) is 1. The molecule has 1 fully saturated rings. The van der Waals surface area contributed by atoms with Crippen LogP contribution in [-0.2, 0) is 4.74 Å². The lowest BCUT2D eigenvalue weighted by molar-refractivity contribution is 0.120. The Bertz CT molecular complexity index is 540. The minimum atomic E-state index is 0.147. The van der Waals surface area contributed by atoms with Crippen LogP contribution in [0.5, 0.6) is 0 Å². The highest BCUT2D eigenvalue weighted by atomic mass is 35.5. The fourth-order valence-electron chi connectivity index (χ4n) is 1.92. The Labute approximate surface area is 115 Å². The van der Waals surface area contributed by atoms with Crippen molar-refractivity contribution in [1.29, 1.82) is 0 Å². The first-order chi connectivity index (χ1) is 9.31. The van der Waals surface area contributed by atoms with Gasteiger partial charge < -0.3 is 10.1 Å².